The Morgan fingerprint density at radius 2 is 1.11 bits per heavy atom. The summed E-state index contributed by atoms with van der Waals surface area (Å²) in [6.07, 6.45) is -0.162. The second-order valence-electron chi connectivity index (χ2n) is 11.4. The number of aliphatic carboxylic acids is 1. The second-order valence-corrected chi connectivity index (χ2v) is 11.4. The van der Waals surface area contributed by atoms with Gasteiger partial charge in [-0.2, -0.15) is 0 Å². The van der Waals surface area contributed by atoms with Gasteiger partial charge in [0, 0.05) is 38.3 Å². The molecule has 7 nitrogen and oxygen atoms in total. The Morgan fingerprint density at radius 1 is 0.553 bits per heavy atom. The van der Waals surface area contributed by atoms with Gasteiger partial charge >= 0.3 is 5.97 Å². The highest BCUT2D eigenvalue weighted by Gasteiger charge is 2.19. The van der Waals surface area contributed by atoms with Gasteiger partial charge in [-0.25, -0.2) is 0 Å². The summed E-state index contributed by atoms with van der Waals surface area (Å²) >= 11 is 0. The van der Waals surface area contributed by atoms with Crippen LogP contribution in [0.5, 0.6) is 11.5 Å². The molecule has 5 aromatic rings. The summed E-state index contributed by atoms with van der Waals surface area (Å²) in [5.74, 6) is 0.0446. The van der Waals surface area contributed by atoms with Crippen LogP contribution in [0, 0.1) is 0 Å². The summed E-state index contributed by atoms with van der Waals surface area (Å²) in [6.45, 7) is 3.44. The number of carbonyl (C=O) groups excluding carboxylic acids is 1. The molecule has 0 saturated heterocycles. The van der Waals surface area contributed by atoms with Crippen LogP contribution in [0.25, 0.3) is 0 Å². The van der Waals surface area contributed by atoms with Crippen LogP contribution in [0.3, 0.4) is 0 Å². The van der Waals surface area contributed by atoms with Crippen molar-refractivity contribution in [2.45, 2.75) is 32.7 Å². The standard InChI is InChI=1S/C40H40N2O5/c43-39(44)22-23-42(30-35-18-10-20-37(26-35)47-31-34-16-8-3-9-17-34)40(45)36-19-11-21-38(27-36)46-25-24-41(28-32-12-4-1-5-13-32)29-33-14-6-2-7-15-33/h1-21,26-27H,22-25,28-31H2,(H,43,44). The van der Waals surface area contributed by atoms with Crippen LogP contribution < -0.4 is 9.47 Å². The lowest BCUT2D eigenvalue weighted by Gasteiger charge is -2.24. The maximum Gasteiger partial charge on any atom is 0.305 e. The molecule has 47 heavy (non-hydrogen) atoms. The molecule has 0 bridgehead atoms. The van der Waals surface area contributed by atoms with E-state index in [4.69, 9.17) is 9.47 Å². The topological polar surface area (TPSA) is 79.3 Å². The van der Waals surface area contributed by atoms with Gasteiger partial charge in [0.2, 0.25) is 0 Å². The van der Waals surface area contributed by atoms with Gasteiger partial charge in [-0.15, -0.1) is 0 Å². The number of benzene rings is 5. The van der Waals surface area contributed by atoms with E-state index >= 15 is 0 Å². The quantitative estimate of drug-likeness (QED) is 0.115. The molecule has 0 aliphatic heterocycles. The summed E-state index contributed by atoms with van der Waals surface area (Å²) in [4.78, 5) is 29.1. The first-order chi connectivity index (χ1) is 23.0. The Morgan fingerprint density at radius 3 is 1.72 bits per heavy atom. The fraction of sp³-hybridized carbons (Fsp3) is 0.200. The number of nitrogens with zero attached hydrogens (tertiary/aromatic N) is 2. The highest BCUT2D eigenvalue weighted by molar-refractivity contribution is 5.94. The van der Waals surface area contributed by atoms with E-state index in [1.54, 1.807) is 23.1 Å². The first-order valence-electron chi connectivity index (χ1n) is 15.8. The van der Waals surface area contributed by atoms with Crippen molar-refractivity contribution < 1.29 is 24.2 Å². The van der Waals surface area contributed by atoms with Crippen molar-refractivity contribution in [3.63, 3.8) is 0 Å². The van der Waals surface area contributed by atoms with Crippen molar-refractivity contribution in [3.8, 4) is 11.5 Å². The second kappa shape index (κ2) is 17.3. The predicted octanol–water partition coefficient (Wildman–Crippen LogP) is 7.46. The van der Waals surface area contributed by atoms with Gasteiger partial charge in [0.1, 0.15) is 24.7 Å². The average Bonchev–Trinajstić information content (AvgIpc) is 3.10. The van der Waals surface area contributed by atoms with Crippen molar-refractivity contribution in [3.05, 3.63) is 167 Å². The molecule has 0 aromatic heterocycles. The maximum absolute atomic E-state index is 13.7. The van der Waals surface area contributed by atoms with Crippen LogP contribution in [-0.4, -0.2) is 46.5 Å². The highest BCUT2D eigenvalue weighted by atomic mass is 16.5. The first kappa shape index (κ1) is 33.0. The third-order valence-corrected chi connectivity index (χ3v) is 7.66. The summed E-state index contributed by atoms with van der Waals surface area (Å²) in [7, 11) is 0. The van der Waals surface area contributed by atoms with E-state index in [-0.39, 0.29) is 25.4 Å². The molecule has 0 atom stereocenters. The monoisotopic (exact) mass is 628 g/mol. The fourth-order valence-corrected chi connectivity index (χ4v) is 5.27. The zero-order chi connectivity index (χ0) is 32.7. The Hall–Kier alpha value is -5.40. The number of hydrogen-bond acceptors (Lipinski definition) is 5. The normalized spacial score (nSPS) is 10.8. The van der Waals surface area contributed by atoms with Gasteiger partial charge in [0.25, 0.3) is 5.91 Å². The Balaban J connectivity index is 1.22. The number of ether oxygens (including phenoxy) is 2. The molecule has 0 heterocycles. The van der Waals surface area contributed by atoms with Crippen LogP contribution in [0.4, 0.5) is 0 Å². The summed E-state index contributed by atoms with van der Waals surface area (Å²) in [5.41, 5.74) is 4.79. The Labute approximate surface area is 276 Å². The average molecular weight is 629 g/mol. The van der Waals surface area contributed by atoms with Crippen molar-refractivity contribution in [1.82, 2.24) is 9.80 Å². The van der Waals surface area contributed by atoms with E-state index in [0.29, 0.717) is 36.8 Å². The van der Waals surface area contributed by atoms with E-state index < -0.39 is 5.97 Å². The fourth-order valence-electron chi connectivity index (χ4n) is 5.27. The molecule has 0 fully saturated rings. The highest BCUT2D eigenvalue weighted by Crippen LogP contribution is 2.20. The molecule has 1 N–H and O–H groups in total. The van der Waals surface area contributed by atoms with Gasteiger partial charge in [0.15, 0.2) is 0 Å². The van der Waals surface area contributed by atoms with Crippen LogP contribution >= 0.6 is 0 Å². The summed E-state index contributed by atoms with van der Waals surface area (Å²) in [5, 5.41) is 9.39. The van der Waals surface area contributed by atoms with E-state index in [9.17, 15) is 14.7 Å². The number of hydrogen-bond donors (Lipinski definition) is 1. The molecule has 0 radical (unpaired) electrons. The maximum atomic E-state index is 13.7. The smallest absolute Gasteiger partial charge is 0.305 e. The number of carbonyl (C=O) groups is 2. The van der Waals surface area contributed by atoms with Crippen LogP contribution in [-0.2, 0) is 31.0 Å². The number of rotatable bonds is 17. The molecule has 5 rings (SSSR count). The minimum atomic E-state index is -0.963. The number of carboxylic acids is 1. The predicted molar refractivity (Wildman–Crippen MR) is 183 cm³/mol. The van der Waals surface area contributed by atoms with Gasteiger partial charge in [-0.3, -0.25) is 14.5 Å². The minimum absolute atomic E-state index is 0.0717. The largest absolute Gasteiger partial charge is 0.492 e. The number of amides is 1. The molecular formula is C40H40N2O5. The molecule has 0 spiro atoms. The molecule has 1 amide bonds. The van der Waals surface area contributed by atoms with Gasteiger partial charge in [-0.05, 0) is 52.6 Å². The van der Waals surface area contributed by atoms with Crippen LogP contribution in [0.2, 0.25) is 0 Å². The number of carboxylic acid groups (broad SMARTS) is 1. The minimum Gasteiger partial charge on any atom is -0.492 e. The third-order valence-electron chi connectivity index (χ3n) is 7.66. The van der Waals surface area contributed by atoms with Gasteiger partial charge in [0.05, 0.1) is 6.42 Å². The van der Waals surface area contributed by atoms with Gasteiger partial charge in [-0.1, -0.05) is 109 Å². The lowest BCUT2D eigenvalue weighted by molar-refractivity contribution is -0.137. The van der Waals surface area contributed by atoms with Crippen molar-refractivity contribution in [2.75, 3.05) is 19.7 Å². The zero-order valence-electron chi connectivity index (χ0n) is 26.4. The lowest BCUT2D eigenvalue weighted by atomic mass is 10.1. The lowest BCUT2D eigenvalue weighted by Crippen LogP contribution is -2.32. The van der Waals surface area contributed by atoms with Crippen molar-refractivity contribution >= 4 is 11.9 Å². The molecule has 5 aromatic carbocycles. The molecule has 0 aliphatic carbocycles. The third kappa shape index (κ3) is 10.9. The van der Waals surface area contributed by atoms with E-state index in [1.807, 2.05) is 97.1 Å². The zero-order valence-corrected chi connectivity index (χ0v) is 26.4. The first-order valence-corrected chi connectivity index (χ1v) is 15.8. The SMILES string of the molecule is O=C(O)CCN(Cc1cccc(OCc2ccccc2)c1)C(=O)c1cccc(OCCN(Cc2ccccc2)Cc2ccccc2)c1. The Kier molecular flexibility index (Phi) is 12.2. The summed E-state index contributed by atoms with van der Waals surface area (Å²) in [6, 6.07) is 45.3. The van der Waals surface area contributed by atoms with Crippen LogP contribution in [0.15, 0.2) is 140 Å². The van der Waals surface area contributed by atoms with Crippen LogP contribution in [0.1, 0.15) is 39.0 Å². The summed E-state index contributed by atoms with van der Waals surface area (Å²) < 4.78 is 12.1. The van der Waals surface area contributed by atoms with Crippen molar-refractivity contribution in [2.24, 2.45) is 0 Å². The molecular weight excluding hydrogens is 588 g/mol. The molecule has 0 aliphatic rings. The van der Waals surface area contributed by atoms with Gasteiger partial charge < -0.3 is 19.5 Å². The molecule has 240 valence electrons. The Bertz CT molecular complexity index is 1650. The molecule has 0 saturated carbocycles. The van der Waals surface area contributed by atoms with E-state index in [2.05, 4.69) is 29.2 Å². The van der Waals surface area contributed by atoms with E-state index in [1.165, 1.54) is 11.1 Å². The molecule has 7 heteroatoms. The van der Waals surface area contributed by atoms with Crippen molar-refractivity contribution in [1.29, 1.82) is 0 Å². The molecule has 0 unspecified atom stereocenters. The van der Waals surface area contributed by atoms with E-state index in [0.717, 1.165) is 24.2 Å².